The number of H-pyrrole nitrogens is 1. The molecule has 0 unspecified atom stereocenters. The number of halogens is 2. The summed E-state index contributed by atoms with van der Waals surface area (Å²) in [4.78, 5) is 36.2. The molecule has 0 fully saturated rings. The summed E-state index contributed by atoms with van der Waals surface area (Å²) < 4.78 is 27.9. The highest BCUT2D eigenvalue weighted by atomic mass is 19.2. The van der Waals surface area contributed by atoms with Crippen LogP contribution in [0.15, 0.2) is 53.6 Å². The van der Waals surface area contributed by atoms with Crippen molar-refractivity contribution in [1.82, 2.24) is 24.8 Å². The SMILES string of the molecule is Cn1c(=O)c(Cc2ccc(F)c(F)c2)cc2[nH]c(C(=O)NCc3ccncc3)nc21. The minimum absolute atomic E-state index is 0.0685. The second kappa shape index (κ2) is 7.86. The third-order valence-electron chi connectivity index (χ3n) is 4.72. The molecular weight excluding hydrogens is 392 g/mol. The van der Waals surface area contributed by atoms with Crippen LogP contribution in [0.4, 0.5) is 8.78 Å². The highest BCUT2D eigenvalue weighted by Crippen LogP contribution is 2.15. The zero-order valence-corrected chi connectivity index (χ0v) is 15.9. The second-order valence-corrected chi connectivity index (χ2v) is 6.82. The van der Waals surface area contributed by atoms with Crippen LogP contribution in [0.3, 0.4) is 0 Å². The van der Waals surface area contributed by atoms with Crippen molar-refractivity contribution in [2.45, 2.75) is 13.0 Å². The summed E-state index contributed by atoms with van der Waals surface area (Å²) in [5, 5.41) is 2.75. The van der Waals surface area contributed by atoms with Gasteiger partial charge in [0.05, 0.1) is 5.52 Å². The minimum Gasteiger partial charge on any atom is -0.345 e. The van der Waals surface area contributed by atoms with Gasteiger partial charge in [-0.15, -0.1) is 0 Å². The van der Waals surface area contributed by atoms with E-state index in [9.17, 15) is 18.4 Å². The first-order valence-corrected chi connectivity index (χ1v) is 9.12. The predicted molar refractivity (Wildman–Crippen MR) is 106 cm³/mol. The summed E-state index contributed by atoms with van der Waals surface area (Å²) in [7, 11) is 1.54. The van der Waals surface area contributed by atoms with Crippen molar-refractivity contribution < 1.29 is 13.6 Å². The largest absolute Gasteiger partial charge is 0.345 e. The van der Waals surface area contributed by atoms with Crippen molar-refractivity contribution in [3.05, 3.63) is 93.3 Å². The first-order valence-electron chi connectivity index (χ1n) is 9.12. The number of amides is 1. The normalized spacial score (nSPS) is 11.0. The van der Waals surface area contributed by atoms with Crippen LogP contribution in [0.1, 0.15) is 27.3 Å². The molecule has 152 valence electrons. The van der Waals surface area contributed by atoms with Gasteiger partial charge >= 0.3 is 0 Å². The average Bonchev–Trinajstić information content (AvgIpc) is 3.18. The van der Waals surface area contributed by atoms with Gasteiger partial charge in [0, 0.05) is 38.0 Å². The molecule has 7 nitrogen and oxygen atoms in total. The quantitative estimate of drug-likeness (QED) is 0.530. The van der Waals surface area contributed by atoms with E-state index in [1.807, 2.05) is 0 Å². The Morgan fingerprint density at radius 2 is 1.87 bits per heavy atom. The smallest absolute Gasteiger partial charge is 0.287 e. The Kier molecular flexibility index (Phi) is 5.09. The Balaban J connectivity index is 1.61. The number of nitrogens with zero attached hydrogens (tertiary/aromatic N) is 3. The fourth-order valence-electron chi connectivity index (χ4n) is 3.15. The van der Waals surface area contributed by atoms with Gasteiger partial charge < -0.3 is 10.3 Å². The molecule has 0 saturated carbocycles. The molecule has 2 N–H and O–H groups in total. The van der Waals surface area contributed by atoms with Crippen LogP contribution in [-0.2, 0) is 20.0 Å². The molecule has 3 aromatic heterocycles. The number of aromatic nitrogens is 4. The highest BCUT2D eigenvalue weighted by Gasteiger charge is 2.16. The summed E-state index contributed by atoms with van der Waals surface area (Å²) in [6.45, 7) is 0.304. The van der Waals surface area contributed by atoms with Crippen molar-refractivity contribution in [1.29, 1.82) is 0 Å². The fraction of sp³-hybridized carbons (Fsp3) is 0.143. The molecule has 9 heteroatoms. The maximum atomic E-state index is 13.5. The molecule has 30 heavy (non-hydrogen) atoms. The Morgan fingerprint density at radius 3 is 2.60 bits per heavy atom. The van der Waals surface area contributed by atoms with Crippen LogP contribution in [0.5, 0.6) is 0 Å². The van der Waals surface area contributed by atoms with E-state index in [1.54, 1.807) is 37.6 Å². The number of rotatable bonds is 5. The van der Waals surface area contributed by atoms with Gasteiger partial charge in [0.1, 0.15) is 0 Å². The maximum Gasteiger partial charge on any atom is 0.287 e. The van der Waals surface area contributed by atoms with Gasteiger partial charge in [0.2, 0.25) is 0 Å². The van der Waals surface area contributed by atoms with Crippen molar-refractivity contribution >= 4 is 17.1 Å². The lowest BCUT2D eigenvalue weighted by molar-refractivity contribution is 0.0941. The van der Waals surface area contributed by atoms with E-state index >= 15 is 0 Å². The van der Waals surface area contributed by atoms with E-state index in [2.05, 4.69) is 20.3 Å². The molecule has 1 amide bonds. The third-order valence-corrected chi connectivity index (χ3v) is 4.72. The van der Waals surface area contributed by atoms with E-state index < -0.39 is 17.5 Å². The van der Waals surface area contributed by atoms with Gasteiger partial charge in [-0.2, -0.15) is 0 Å². The number of benzene rings is 1. The monoisotopic (exact) mass is 409 g/mol. The number of hydrogen-bond donors (Lipinski definition) is 2. The van der Waals surface area contributed by atoms with Gasteiger partial charge in [0.15, 0.2) is 23.1 Å². The van der Waals surface area contributed by atoms with Crippen molar-refractivity contribution in [2.75, 3.05) is 0 Å². The van der Waals surface area contributed by atoms with Crippen LogP contribution in [-0.4, -0.2) is 25.4 Å². The number of hydrogen-bond acceptors (Lipinski definition) is 4. The zero-order chi connectivity index (χ0) is 21.3. The summed E-state index contributed by atoms with van der Waals surface area (Å²) in [5.41, 5.74) is 2.19. The Labute approximate surface area is 169 Å². The highest BCUT2D eigenvalue weighted by molar-refractivity contribution is 5.93. The van der Waals surface area contributed by atoms with Crippen molar-refractivity contribution in [3.63, 3.8) is 0 Å². The van der Waals surface area contributed by atoms with E-state index in [1.165, 1.54) is 10.6 Å². The zero-order valence-electron chi connectivity index (χ0n) is 15.9. The molecule has 0 saturated heterocycles. The molecule has 4 rings (SSSR count). The lowest BCUT2D eigenvalue weighted by atomic mass is 10.1. The lowest BCUT2D eigenvalue weighted by Gasteiger charge is -2.05. The van der Waals surface area contributed by atoms with Crippen molar-refractivity contribution in [3.8, 4) is 0 Å². The van der Waals surface area contributed by atoms with Crippen molar-refractivity contribution in [2.24, 2.45) is 7.05 Å². The average molecular weight is 409 g/mol. The Morgan fingerprint density at radius 1 is 1.10 bits per heavy atom. The standard InChI is InChI=1S/C21H17F2N5O2/c1-28-19-17(10-14(21(28)30)8-13-2-3-15(22)16(23)9-13)26-18(27-19)20(29)25-11-12-4-6-24-7-5-12/h2-7,9-10H,8,11H2,1H3,(H,25,29)(H,26,27). The second-order valence-electron chi connectivity index (χ2n) is 6.82. The van der Waals surface area contributed by atoms with E-state index in [-0.39, 0.29) is 17.8 Å². The molecule has 0 aliphatic rings. The molecular formula is C21H17F2N5O2. The van der Waals surface area contributed by atoms with Crippen LogP contribution >= 0.6 is 0 Å². The summed E-state index contributed by atoms with van der Waals surface area (Å²) in [5.74, 6) is -2.27. The number of nitrogens with one attached hydrogen (secondary N) is 2. The van der Waals surface area contributed by atoms with Crippen LogP contribution in [0.2, 0.25) is 0 Å². The number of aromatic amines is 1. The first kappa shape index (κ1) is 19.4. The first-order chi connectivity index (χ1) is 14.4. The number of carbonyl (C=O) groups is 1. The van der Waals surface area contributed by atoms with Crippen LogP contribution in [0, 0.1) is 11.6 Å². The summed E-state index contributed by atoms with van der Waals surface area (Å²) in [6.07, 6.45) is 3.38. The molecule has 0 spiro atoms. The Hall–Kier alpha value is -3.88. The molecule has 0 aliphatic heterocycles. The molecule has 4 aromatic rings. The lowest BCUT2D eigenvalue weighted by Crippen LogP contribution is -2.24. The molecule has 3 heterocycles. The number of carbonyl (C=O) groups excluding carboxylic acids is 1. The van der Waals surface area contributed by atoms with Crippen LogP contribution in [0.25, 0.3) is 11.2 Å². The van der Waals surface area contributed by atoms with E-state index in [0.29, 0.717) is 28.8 Å². The number of imidazole rings is 1. The molecule has 0 aliphatic carbocycles. The number of aryl methyl sites for hydroxylation is 1. The molecule has 0 radical (unpaired) electrons. The predicted octanol–water partition coefficient (Wildman–Crippen LogP) is 2.46. The maximum absolute atomic E-state index is 13.5. The summed E-state index contributed by atoms with van der Waals surface area (Å²) in [6, 6.07) is 8.65. The molecule has 0 bridgehead atoms. The fourth-order valence-corrected chi connectivity index (χ4v) is 3.15. The Bertz CT molecular complexity index is 1300. The molecule has 1 aromatic carbocycles. The molecule has 0 atom stereocenters. The van der Waals surface area contributed by atoms with Gasteiger partial charge in [-0.05, 0) is 41.5 Å². The third kappa shape index (κ3) is 3.82. The summed E-state index contributed by atoms with van der Waals surface area (Å²) >= 11 is 0. The van der Waals surface area contributed by atoms with E-state index in [4.69, 9.17) is 0 Å². The van der Waals surface area contributed by atoms with Gasteiger partial charge in [-0.3, -0.25) is 19.1 Å². The van der Waals surface area contributed by atoms with Crippen LogP contribution < -0.4 is 10.9 Å². The van der Waals surface area contributed by atoms with Gasteiger partial charge in [-0.25, -0.2) is 13.8 Å². The minimum atomic E-state index is -0.972. The van der Waals surface area contributed by atoms with Gasteiger partial charge in [-0.1, -0.05) is 6.07 Å². The topological polar surface area (TPSA) is 92.7 Å². The number of fused-ring (bicyclic) bond motifs is 1. The van der Waals surface area contributed by atoms with E-state index in [0.717, 1.165) is 17.7 Å². The number of pyridine rings is 2. The van der Waals surface area contributed by atoms with Gasteiger partial charge in [0.25, 0.3) is 11.5 Å².